The fourth-order valence-corrected chi connectivity index (χ4v) is 4.77. The van der Waals surface area contributed by atoms with E-state index < -0.39 is 0 Å². The SMILES string of the molecule is CCC(=O)N(CCN1CCOCC1)CC(=O)N1N=C(c2ccccc2Cl)CC1c1ccc(OC)cc1. The molecule has 0 spiro atoms. The predicted octanol–water partition coefficient (Wildman–Crippen LogP) is 3.60. The molecule has 1 saturated heterocycles. The van der Waals surface area contributed by atoms with E-state index in [2.05, 4.69) is 4.90 Å². The summed E-state index contributed by atoms with van der Waals surface area (Å²) in [5.41, 5.74) is 2.50. The number of morpholine rings is 1. The van der Waals surface area contributed by atoms with Crippen LogP contribution in [0.5, 0.6) is 5.75 Å². The van der Waals surface area contributed by atoms with Crippen LogP contribution in [0.25, 0.3) is 0 Å². The fourth-order valence-electron chi connectivity index (χ4n) is 4.52. The van der Waals surface area contributed by atoms with E-state index in [0.29, 0.717) is 44.2 Å². The average molecular weight is 513 g/mol. The first kappa shape index (κ1) is 26.1. The van der Waals surface area contributed by atoms with Crippen LogP contribution in [0, 0.1) is 0 Å². The van der Waals surface area contributed by atoms with Crippen molar-refractivity contribution < 1.29 is 19.1 Å². The van der Waals surface area contributed by atoms with Crippen LogP contribution in [-0.4, -0.2) is 85.4 Å². The number of carbonyl (C=O) groups is 2. The molecule has 2 aliphatic rings. The normalized spacial score (nSPS) is 18.1. The third-order valence-electron chi connectivity index (χ3n) is 6.62. The number of benzene rings is 2. The number of methoxy groups -OCH3 is 1. The molecule has 0 bridgehead atoms. The van der Waals surface area contributed by atoms with Gasteiger partial charge in [0.2, 0.25) is 5.91 Å². The van der Waals surface area contributed by atoms with Gasteiger partial charge >= 0.3 is 0 Å². The molecular weight excluding hydrogens is 480 g/mol. The lowest BCUT2D eigenvalue weighted by Gasteiger charge is -2.31. The predicted molar refractivity (Wildman–Crippen MR) is 139 cm³/mol. The third kappa shape index (κ3) is 6.24. The summed E-state index contributed by atoms with van der Waals surface area (Å²) in [4.78, 5) is 30.3. The fraction of sp³-hybridized carbons (Fsp3) is 0.444. The van der Waals surface area contributed by atoms with Crippen molar-refractivity contribution in [3.05, 3.63) is 64.7 Å². The van der Waals surface area contributed by atoms with E-state index in [1.165, 1.54) is 5.01 Å². The molecule has 0 aliphatic carbocycles. The van der Waals surface area contributed by atoms with Gasteiger partial charge in [-0.3, -0.25) is 14.5 Å². The first-order chi connectivity index (χ1) is 17.5. The van der Waals surface area contributed by atoms with Crippen molar-refractivity contribution in [2.75, 3.05) is 53.0 Å². The standard InChI is InChI=1S/C27H33ClN4O4/c1-3-26(33)31(13-12-30-14-16-36-17-15-30)19-27(34)32-25(20-8-10-21(35-2)11-9-20)18-24(29-32)22-6-4-5-7-23(22)28/h4-11,25H,3,12-19H2,1-2H3. The molecule has 2 aliphatic heterocycles. The Kier molecular flexibility index (Phi) is 8.96. The van der Waals surface area contributed by atoms with E-state index in [1.807, 2.05) is 55.5 Å². The summed E-state index contributed by atoms with van der Waals surface area (Å²) < 4.78 is 10.7. The first-order valence-electron chi connectivity index (χ1n) is 12.4. The minimum atomic E-state index is -0.299. The number of hydrogen-bond donors (Lipinski definition) is 0. The van der Waals surface area contributed by atoms with Crippen LogP contribution < -0.4 is 4.74 Å². The van der Waals surface area contributed by atoms with E-state index >= 15 is 0 Å². The van der Waals surface area contributed by atoms with Gasteiger partial charge in [0, 0.05) is 49.6 Å². The van der Waals surface area contributed by atoms with Crippen LogP contribution in [0.15, 0.2) is 53.6 Å². The highest BCUT2D eigenvalue weighted by Crippen LogP contribution is 2.35. The monoisotopic (exact) mass is 512 g/mol. The van der Waals surface area contributed by atoms with Gasteiger partial charge in [0.05, 0.1) is 32.1 Å². The molecule has 192 valence electrons. The molecule has 36 heavy (non-hydrogen) atoms. The maximum absolute atomic E-state index is 13.6. The number of ether oxygens (including phenoxy) is 2. The smallest absolute Gasteiger partial charge is 0.262 e. The van der Waals surface area contributed by atoms with E-state index in [4.69, 9.17) is 26.2 Å². The molecule has 2 aromatic carbocycles. The summed E-state index contributed by atoms with van der Waals surface area (Å²) >= 11 is 6.46. The highest BCUT2D eigenvalue weighted by Gasteiger charge is 2.35. The van der Waals surface area contributed by atoms with Gasteiger partial charge in [-0.15, -0.1) is 0 Å². The zero-order valence-electron chi connectivity index (χ0n) is 20.9. The van der Waals surface area contributed by atoms with Gasteiger partial charge in [0.25, 0.3) is 5.91 Å². The van der Waals surface area contributed by atoms with Crippen LogP contribution in [0.4, 0.5) is 0 Å². The van der Waals surface area contributed by atoms with Gasteiger partial charge in [-0.2, -0.15) is 5.10 Å². The highest BCUT2D eigenvalue weighted by molar-refractivity contribution is 6.34. The zero-order chi connectivity index (χ0) is 25.5. The lowest BCUT2D eigenvalue weighted by atomic mass is 9.98. The Hall–Kier alpha value is -2.94. The summed E-state index contributed by atoms with van der Waals surface area (Å²) in [5.74, 6) is 0.471. The molecule has 1 atom stereocenters. The van der Waals surface area contributed by atoms with Crippen molar-refractivity contribution in [2.24, 2.45) is 5.10 Å². The van der Waals surface area contributed by atoms with Crippen LogP contribution in [-0.2, 0) is 14.3 Å². The van der Waals surface area contributed by atoms with Crippen molar-refractivity contribution in [3.63, 3.8) is 0 Å². The lowest BCUT2D eigenvalue weighted by molar-refractivity contribution is -0.141. The Morgan fingerprint density at radius 3 is 2.53 bits per heavy atom. The summed E-state index contributed by atoms with van der Waals surface area (Å²) in [5, 5.41) is 6.84. The first-order valence-corrected chi connectivity index (χ1v) is 12.7. The summed E-state index contributed by atoms with van der Waals surface area (Å²) in [6.45, 7) is 6.04. The summed E-state index contributed by atoms with van der Waals surface area (Å²) in [6.07, 6.45) is 0.865. The summed E-state index contributed by atoms with van der Waals surface area (Å²) in [6, 6.07) is 14.9. The van der Waals surface area contributed by atoms with Gasteiger partial charge in [0.1, 0.15) is 12.3 Å². The average Bonchev–Trinajstić information content (AvgIpc) is 3.37. The molecule has 4 rings (SSSR count). The molecule has 0 saturated carbocycles. The molecule has 2 aromatic rings. The van der Waals surface area contributed by atoms with Gasteiger partial charge in [0.15, 0.2) is 0 Å². The number of halogens is 1. The Morgan fingerprint density at radius 1 is 1.14 bits per heavy atom. The molecule has 9 heteroatoms. The molecule has 1 unspecified atom stereocenters. The van der Waals surface area contributed by atoms with Gasteiger partial charge in [-0.1, -0.05) is 48.9 Å². The van der Waals surface area contributed by atoms with Crippen LogP contribution in [0.1, 0.15) is 36.9 Å². The van der Waals surface area contributed by atoms with Crippen molar-refractivity contribution >= 4 is 29.1 Å². The minimum absolute atomic E-state index is 0.0248. The second-order valence-electron chi connectivity index (χ2n) is 8.88. The van der Waals surface area contributed by atoms with Crippen LogP contribution in [0.3, 0.4) is 0 Å². The van der Waals surface area contributed by atoms with Gasteiger partial charge < -0.3 is 14.4 Å². The third-order valence-corrected chi connectivity index (χ3v) is 6.95. The number of hydrogen-bond acceptors (Lipinski definition) is 6. The number of hydrazone groups is 1. The Balaban J connectivity index is 1.55. The number of amides is 2. The van der Waals surface area contributed by atoms with Gasteiger partial charge in [-0.05, 0) is 23.8 Å². The van der Waals surface area contributed by atoms with E-state index in [9.17, 15) is 9.59 Å². The maximum Gasteiger partial charge on any atom is 0.262 e. The molecule has 2 heterocycles. The zero-order valence-corrected chi connectivity index (χ0v) is 21.6. The summed E-state index contributed by atoms with van der Waals surface area (Å²) in [7, 11) is 1.62. The molecular formula is C27H33ClN4O4. The van der Waals surface area contributed by atoms with E-state index in [0.717, 1.165) is 35.7 Å². The largest absolute Gasteiger partial charge is 0.497 e. The lowest BCUT2D eigenvalue weighted by Crippen LogP contribution is -2.46. The second kappa shape index (κ2) is 12.3. The molecule has 2 amide bonds. The van der Waals surface area contributed by atoms with Crippen molar-refractivity contribution in [2.45, 2.75) is 25.8 Å². The molecule has 0 radical (unpaired) electrons. The number of nitrogens with zero attached hydrogens (tertiary/aromatic N) is 4. The van der Waals surface area contributed by atoms with Crippen molar-refractivity contribution in [1.82, 2.24) is 14.8 Å². The number of rotatable bonds is 9. The van der Waals surface area contributed by atoms with Gasteiger partial charge in [-0.25, -0.2) is 5.01 Å². The van der Waals surface area contributed by atoms with Crippen molar-refractivity contribution in [3.8, 4) is 5.75 Å². The molecule has 0 N–H and O–H groups in total. The Morgan fingerprint density at radius 2 is 1.86 bits per heavy atom. The molecule has 1 fully saturated rings. The van der Waals surface area contributed by atoms with Crippen molar-refractivity contribution in [1.29, 1.82) is 0 Å². The van der Waals surface area contributed by atoms with E-state index in [-0.39, 0.29) is 24.4 Å². The Bertz CT molecular complexity index is 1090. The minimum Gasteiger partial charge on any atom is -0.497 e. The maximum atomic E-state index is 13.6. The number of carbonyl (C=O) groups excluding carboxylic acids is 2. The Labute approximate surface area is 217 Å². The molecule has 8 nitrogen and oxygen atoms in total. The van der Waals surface area contributed by atoms with Crippen LogP contribution >= 0.6 is 11.6 Å². The quantitative estimate of drug-likeness (QED) is 0.513. The molecule has 0 aromatic heterocycles. The van der Waals surface area contributed by atoms with E-state index in [1.54, 1.807) is 12.0 Å². The van der Waals surface area contributed by atoms with Crippen LogP contribution in [0.2, 0.25) is 5.02 Å². The second-order valence-corrected chi connectivity index (χ2v) is 9.29. The highest BCUT2D eigenvalue weighted by atomic mass is 35.5. The topological polar surface area (TPSA) is 74.7 Å².